The van der Waals surface area contributed by atoms with Crippen molar-refractivity contribution in [3.8, 4) is 0 Å². The Morgan fingerprint density at radius 3 is 2.50 bits per heavy atom. The molecule has 3 rings (SSSR count). The minimum atomic E-state index is -3.72. The largest absolute Gasteiger partial charge is 0.478 e. The first-order chi connectivity index (χ1) is 11.5. The molecule has 0 saturated heterocycles. The van der Waals surface area contributed by atoms with Gasteiger partial charge in [-0.3, -0.25) is 0 Å². The predicted octanol–water partition coefficient (Wildman–Crippen LogP) is 2.05. The number of carboxylic acid groups (broad SMARTS) is 1. The molecule has 2 aromatic carbocycles. The molecule has 124 valence electrons. The normalized spacial score (nSPS) is 11.7. The van der Waals surface area contributed by atoms with Crippen molar-refractivity contribution in [3.63, 3.8) is 0 Å². The molecule has 0 amide bonds. The number of hydrogen-bond donors (Lipinski definition) is 2. The second-order valence-corrected chi connectivity index (χ2v) is 6.82. The number of benzene rings is 2. The monoisotopic (exact) mass is 346 g/mol. The highest BCUT2D eigenvalue weighted by Crippen LogP contribution is 2.15. The standard InChI is InChI=1S/C16H14N2O5S/c19-16(20)11-5-7-12(8-6-11)24(21,22)17-10-9-15-18-13-3-1-2-4-14(13)23-15/h1-8,17H,9-10H2,(H,19,20). The van der Waals surface area contributed by atoms with Gasteiger partial charge in [-0.05, 0) is 36.4 Å². The molecule has 1 heterocycles. The van der Waals surface area contributed by atoms with E-state index in [1.807, 2.05) is 18.2 Å². The Balaban J connectivity index is 1.65. The van der Waals surface area contributed by atoms with Crippen LogP contribution in [0.5, 0.6) is 0 Å². The van der Waals surface area contributed by atoms with Crippen LogP contribution in [-0.4, -0.2) is 31.0 Å². The van der Waals surface area contributed by atoms with Crippen LogP contribution in [-0.2, 0) is 16.4 Å². The predicted molar refractivity (Wildman–Crippen MR) is 86.3 cm³/mol. The van der Waals surface area contributed by atoms with Gasteiger partial charge in [0.05, 0.1) is 10.5 Å². The molecule has 0 radical (unpaired) electrons. The van der Waals surface area contributed by atoms with Crippen molar-refractivity contribution in [3.05, 3.63) is 60.0 Å². The molecule has 0 unspecified atom stereocenters. The molecule has 1 aromatic heterocycles. The van der Waals surface area contributed by atoms with Crippen molar-refractivity contribution in [2.24, 2.45) is 0 Å². The second kappa shape index (κ2) is 6.42. The van der Waals surface area contributed by atoms with Gasteiger partial charge in [-0.15, -0.1) is 0 Å². The number of carbonyl (C=O) groups is 1. The Kier molecular flexibility index (Phi) is 4.32. The van der Waals surface area contributed by atoms with Gasteiger partial charge in [0.1, 0.15) is 5.52 Å². The fraction of sp³-hybridized carbons (Fsp3) is 0.125. The average molecular weight is 346 g/mol. The second-order valence-electron chi connectivity index (χ2n) is 5.05. The lowest BCUT2D eigenvalue weighted by Gasteiger charge is -2.05. The molecule has 0 atom stereocenters. The number of aromatic nitrogens is 1. The maximum atomic E-state index is 12.2. The lowest BCUT2D eigenvalue weighted by molar-refractivity contribution is 0.0696. The maximum absolute atomic E-state index is 12.2. The number of aromatic carboxylic acids is 1. The zero-order valence-electron chi connectivity index (χ0n) is 12.5. The van der Waals surface area contributed by atoms with Crippen LogP contribution in [0.15, 0.2) is 57.8 Å². The van der Waals surface area contributed by atoms with Crippen molar-refractivity contribution in [1.82, 2.24) is 9.71 Å². The van der Waals surface area contributed by atoms with E-state index in [4.69, 9.17) is 9.52 Å². The number of hydrogen-bond acceptors (Lipinski definition) is 5. The van der Waals surface area contributed by atoms with Crippen LogP contribution in [0.1, 0.15) is 16.2 Å². The first-order valence-electron chi connectivity index (χ1n) is 7.13. The third kappa shape index (κ3) is 3.44. The molecule has 7 nitrogen and oxygen atoms in total. The van der Waals surface area contributed by atoms with Crippen LogP contribution in [0.2, 0.25) is 0 Å². The van der Waals surface area contributed by atoms with E-state index < -0.39 is 16.0 Å². The van der Waals surface area contributed by atoms with E-state index in [1.165, 1.54) is 24.3 Å². The van der Waals surface area contributed by atoms with Crippen molar-refractivity contribution in [2.75, 3.05) is 6.54 Å². The summed E-state index contributed by atoms with van der Waals surface area (Å²) in [7, 11) is -3.72. The van der Waals surface area contributed by atoms with Gasteiger partial charge >= 0.3 is 5.97 Å². The van der Waals surface area contributed by atoms with Crippen molar-refractivity contribution in [1.29, 1.82) is 0 Å². The maximum Gasteiger partial charge on any atom is 0.335 e. The Labute approximate surface area is 138 Å². The summed E-state index contributed by atoms with van der Waals surface area (Å²) in [6, 6.07) is 12.3. The number of para-hydroxylation sites is 2. The highest BCUT2D eigenvalue weighted by molar-refractivity contribution is 7.89. The van der Waals surface area contributed by atoms with E-state index in [0.29, 0.717) is 17.9 Å². The Morgan fingerprint density at radius 1 is 1.12 bits per heavy atom. The minimum Gasteiger partial charge on any atom is -0.478 e. The molecule has 0 aliphatic carbocycles. The number of carboxylic acids is 1. The molecular formula is C16H14N2O5S. The van der Waals surface area contributed by atoms with E-state index >= 15 is 0 Å². The number of fused-ring (bicyclic) bond motifs is 1. The van der Waals surface area contributed by atoms with Crippen LogP contribution in [0.25, 0.3) is 11.1 Å². The van der Waals surface area contributed by atoms with Gasteiger partial charge < -0.3 is 9.52 Å². The first-order valence-corrected chi connectivity index (χ1v) is 8.61. The van der Waals surface area contributed by atoms with E-state index in [9.17, 15) is 13.2 Å². The Morgan fingerprint density at radius 2 is 1.83 bits per heavy atom. The summed E-state index contributed by atoms with van der Waals surface area (Å²) >= 11 is 0. The quantitative estimate of drug-likeness (QED) is 0.707. The number of oxazole rings is 1. The lowest BCUT2D eigenvalue weighted by atomic mass is 10.2. The highest BCUT2D eigenvalue weighted by Gasteiger charge is 2.15. The molecule has 2 N–H and O–H groups in total. The summed E-state index contributed by atoms with van der Waals surface area (Å²) < 4.78 is 32.3. The molecule has 0 aliphatic rings. The highest BCUT2D eigenvalue weighted by atomic mass is 32.2. The summed E-state index contributed by atoms with van der Waals surface area (Å²) in [5, 5.41) is 8.82. The van der Waals surface area contributed by atoms with Gasteiger partial charge in [0, 0.05) is 13.0 Å². The zero-order chi connectivity index (χ0) is 17.2. The third-order valence-electron chi connectivity index (χ3n) is 3.38. The SMILES string of the molecule is O=C(O)c1ccc(S(=O)(=O)NCCc2nc3ccccc3o2)cc1. The molecular weight excluding hydrogens is 332 g/mol. The number of nitrogens with zero attached hydrogens (tertiary/aromatic N) is 1. The molecule has 0 spiro atoms. The summed E-state index contributed by atoms with van der Waals surface area (Å²) in [4.78, 5) is 15.1. The Bertz CT molecular complexity index is 944. The average Bonchev–Trinajstić information content (AvgIpc) is 2.97. The van der Waals surface area contributed by atoms with Gasteiger partial charge in [-0.25, -0.2) is 22.9 Å². The fourth-order valence-electron chi connectivity index (χ4n) is 2.18. The van der Waals surface area contributed by atoms with Crippen molar-refractivity contribution in [2.45, 2.75) is 11.3 Å². The summed E-state index contributed by atoms with van der Waals surface area (Å²) in [6.45, 7) is 0.121. The summed E-state index contributed by atoms with van der Waals surface area (Å²) in [6.07, 6.45) is 0.307. The van der Waals surface area contributed by atoms with Gasteiger partial charge in [0.2, 0.25) is 10.0 Å². The van der Waals surface area contributed by atoms with Crippen LogP contribution < -0.4 is 4.72 Å². The van der Waals surface area contributed by atoms with E-state index in [-0.39, 0.29) is 17.0 Å². The lowest BCUT2D eigenvalue weighted by Crippen LogP contribution is -2.26. The van der Waals surface area contributed by atoms with E-state index in [0.717, 1.165) is 5.52 Å². The molecule has 8 heteroatoms. The van der Waals surface area contributed by atoms with E-state index in [1.54, 1.807) is 6.07 Å². The minimum absolute atomic E-state index is 0.00469. The topological polar surface area (TPSA) is 110 Å². The summed E-state index contributed by atoms with van der Waals surface area (Å²) in [5.41, 5.74) is 1.40. The number of nitrogens with one attached hydrogen (secondary N) is 1. The Hall–Kier alpha value is -2.71. The van der Waals surface area contributed by atoms with Crippen molar-refractivity contribution >= 4 is 27.1 Å². The van der Waals surface area contributed by atoms with Gasteiger partial charge in [0.25, 0.3) is 0 Å². The van der Waals surface area contributed by atoms with Crippen molar-refractivity contribution < 1.29 is 22.7 Å². The first kappa shape index (κ1) is 16.2. The van der Waals surface area contributed by atoms with Crippen LogP contribution in [0, 0.1) is 0 Å². The smallest absolute Gasteiger partial charge is 0.335 e. The van der Waals surface area contributed by atoms with Crippen LogP contribution in [0.4, 0.5) is 0 Å². The molecule has 3 aromatic rings. The number of sulfonamides is 1. The molecule has 0 aliphatic heterocycles. The van der Waals surface area contributed by atoms with Gasteiger partial charge in [-0.1, -0.05) is 12.1 Å². The van der Waals surface area contributed by atoms with E-state index in [2.05, 4.69) is 9.71 Å². The molecule has 0 bridgehead atoms. The number of rotatable bonds is 6. The molecule has 24 heavy (non-hydrogen) atoms. The van der Waals surface area contributed by atoms with Crippen LogP contribution >= 0.6 is 0 Å². The zero-order valence-corrected chi connectivity index (χ0v) is 13.3. The molecule has 0 fully saturated rings. The third-order valence-corrected chi connectivity index (χ3v) is 4.86. The van der Waals surface area contributed by atoms with Gasteiger partial charge in [-0.2, -0.15) is 0 Å². The van der Waals surface area contributed by atoms with Crippen LogP contribution in [0.3, 0.4) is 0 Å². The fourth-order valence-corrected chi connectivity index (χ4v) is 3.21. The molecule has 0 saturated carbocycles. The van der Waals surface area contributed by atoms with Gasteiger partial charge in [0.15, 0.2) is 11.5 Å². The summed E-state index contributed by atoms with van der Waals surface area (Å²) in [5.74, 6) is -0.664.